The summed E-state index contributed by atoms with van der Waals surface area (Å²) in [5.74, 6) is 0. The first-order chi connectivity index (χ1) is 7.10. The first kappa shape index (κ1) is 13.2. The molecule has 0 spiro atoms. The van der Waals surface area contributed by atoms with Gasteiger partial charge in [0, 0.05) is 11.1 Å². The van der Waals surface area contributed by atoms with Crippen molar-refractivity contribution in [1.82, 2.24) is 0 Å². The molecular formula is C12H14O3. The SMILES string of the molecule is C\C=C(C=O)/C(C)=C(C=O)\C=C(/C)C=O. The second-order valence-corrected chi connectivity index (χ2v) is 3.07. The fourth-order valence-corrected chi connectivity index (χ4v) is 1.05. The van der Waals surface area contributed by atoms with Gasteiger partial charge in [-0.1, -0.05) is 6.08 Å². The van der Waals surface area contributed by atoms with Gasteiger partial charge in [0.15, 0.2) is 0 Å². The van der Waals surface area contributed by atoms with E-state index in [1.54, 1.807) is 26.8 Å². The molecule has 0 bridgehead atoms. The molecule has 0 heterocycles. The van der Waals surface area contributed by atoms with Crippen LogP contribution in [0.25, 0.3) is 0 Å². The molecule has 0 saturated carbocycles. The fourth-order valence-electron chi connectivity index (χ4n) is 1.05. The van der Waals surface area contributed by atoms with Crippen LogP contribution in [0, 0.1) is 0 Å². The molecule has 0 saturated heterocycles. The van der Waals surface area contributed by atoms with Gasteiger partial charge in [0.05, 0.1) is 0 Å². The van der Waals surface area contributed by atoms with Gasteiger partial charge >= 0.3 is 0 Å². The Bertz CT molecular complexity index is 357. The topological polar surface area (TPSA) is 51.2 Å². The minimum atomic E-state index is 0.347. The molecule has 15 heavy (non-hydrogen) atoms. The Morgan fingerprint density at radius 2 is 1.53 bits per heavy atom. The summed E-state index contributed by atoms with van der Waals surface area (Å²) in [4.78, 5) is 31.8. The third-order valence-corrected chi connectivity index (χ3v) is 2.00. The molecule has 0 unspecified atom stereocenters. The lowest BCUT2D eigenvalue weighted by molar-refractivity contribution is -0.105. The van der Waals surface area contributed by atoms with E-state index in [0.29, 0.717) is 41.2 Å². The van der Waals surface area contributed by atoms with Crippen molar-refractivity contribution >= 4 is 18.9 Å². The molecular weight excluding hydrogens is 192 g/mol. The minimum absolute atomic E-state index is 0.347. The van der Waals surface area contributed by atoms with E-state index in [9.17, 15) is 14.4 Å². The Morgan fingerprint density at radius 3 is 1.87 bits per heavy atom. The smallest absolute Gasteiger partial charge is 0.150 e. The summed E-state index contributed by atoms with van der Waals surface area (Å²) >= 11 is 0. The van der Waals surface area contributed by atoms with Crippen LogP contribution in [0.5, 0.6) is 0 Å². The van der Waals surface area contributed by atoms with E-state index in [2.05, 4.69) is 0 Å². The van der Waals surface area contributed by atoms with Crippen molar-refractivity contribution in [3.8, 4) is 0 Å². The maximum atomic E-state index is 10.8. The second-order valence-electron chi connectivity index (χ2n) is 3.07. The van der Waals surface area contributed by atoms with Gasteiger partial charge in [0.25, 0.3) is 0 Å². The minimum Gasteiger partial charge on any atom is -0.298 e. The number of rotatable bonds is 5. The average Bonchev–Trinajstić information content (AvgIpc) is 2.26. The maximum Gasteiger partial charge on any atom is 0.150 e. The van der Waals surface area contributed by atoms with E-state index in [4.69, 9.17) is 0 Å². The van der Waals surface area contributed by atoms with Crippen molar-refractivity contribution in [3.05, 3.63) is 34.4 Å². The summed E-state index contributed by atoms with van der Waals surface area (Å²) < 4.78 is 0. The van der Waals surface area contributed by atoms with Crippen molar-refractivity contribution in [2.24, 2.45) is 0 Å². The van der Waals surface area contributed by atoms with Crippen molar-refractivity contribution in [1.29, 1.82) is 0 Å². The molecule has 0 N–H and O–H groups in total. The number of allylic oxidation sites excluding steroid dienone is 6. The first-order valence-corrected chi connectivity index (χ1v) is 4.52. The van der Waals surface area contributed by atoms with Crippen LogP contribution in [0.15, 0.2) is 34.4 Å². The van der Waals surface area contributed by atoms with Crippen molar-refractivity contribution < 1.29 is 14.4 Å². The summed E-state index contributed by atoms with van der Waals surface area (Å²) in [6.07, 6.45) is 5.06. The highest BCUT2D eigenvalue weighted by molar-refractivity contribution is 5.89. The van der Waals surface area contributed by atoms with Crippen LogP contribution < -0.4 is 0 Å². The molecule has 0 radical (unpaired) electrons. The average molecular weight is 206 g/mol. The summed E-state index contributed by atoms with van der Waals surface area (Å²) in [6.45, 7) is 4.98. The van der Waals surface area contributed by atoms with Gasteiger partial charge in [-0.25, -0.2) is 0 Å². The molecule has 0 aliphatic carbocycles. The molecule has 0 fully saturated rings. The zero-order chi connectivity index (χ0) is 11.8. The van der Waals surface area contributed by atoms with E-state index in [1.807, 2.05) is 0 Å². The van der Waals surface area contributed by atoms with Gasteiger partial charge in [-0.05, 0) is 38.0 Å². The molecule has 80 valence electrons. The monoisotopic (exact) mass is 206 g/mol. The Morgan fingerprint density at radius 1 is 0.933 bits per heavy atom. The lowest BCUT2D eigenvalue weighted by atomic mass is 10.0. The zero-order valence-corrected chi connectivity index (χ0v) is 9.11. The standard InChI is InChI=1S/C12H14O3/c1-4-11(7-14)10(3)12(8-15)5-9(2)6-13/h4-8H,1-3H3/b9-5+,11-4-,12-10+. The van der Waals surface area contributed by atoms with Gasteiger partial charge < -0.3 is 0 Å². The highest BCUT2D eigenvalue weighted by Gasteiger charge is 2.03. The highest BCUT2D eigenvalue weighted by atomic mass is 16.1. The number of hydrogen-bond acceptors (Lipinski definition) is 3. The molecule has 0 aromatic heterocycles. The molecule has 0 rings (SSSR count). The molecule has 0 aliphatic heterocycles. The van der Waals surface area contributed by atoms with Gasteiger partial charge in [-0.2, -0.15) is 0 Å². The molecule has 0 aromatic rings. The maximum absolute atomic E-state index is 10.8. The van der Waals surface area contributed by atoms with Gasteiger partial charge in [-0.3, -0.25) is 14.4 Å². The van der Waals surface area contributed by atoms with Crippen molar-refractivity contribution in [2.75, 3.05) is 0 Å². The predicted octanol–water partition coefficient (Wildman–Crippen LogP) is 1.79. The number of hydrogen-bond donors (Lipinski definition) is 0. The Hall–Kier alpha value is -1.77. The molecule has 0 aliphatic rings. The molecule has 0 atom stereocenters. The van der Waals surface area contributed by atoms with Gasteiger partial charge in [-0.15, -0.1) is 0 Å². The van der Waals surface area contributed by atoms with E-state index < -0.39 is 0 Å². The van der Waals surface area contributed by atoms with Crippen LogP contribution in [0.2, 0.25) is 0 Å². The van der Waals surface area contributed by atoms with Crippen molar-refractivity contribution in [2.45, 2.75) is 20.8 Å². The van der Waals surface area contributed by atoms with Crippen LogP contribution in [-0.2, 0) is 14.4 Å². The van der Waals surface area contributed by atoms with Gasteiger partial charge in [0.2, 0.25) is 0 Å². The highest BCUT2D eigenvalue weighted by Crippen LogP contribution is 2.13. The lowest BCUT2D eigenvalue weighted by Gasteiger charge is -2.02. The van der Waals surface area contributed by atoms with Gasteiger partial charge in [0.1, 0.15) is 18.9 Å². The molecule has 3 heteroatoms. The number of carbonyl (C=O) groups is 3. The largest absolute Gasteiger partial charge is 0.298 e. The normalized spacial score (nSPS) is 14.3. The molecule has 0 amide bonds. The quantitative estimate of drug-likeness (QED) is 0.391. The van der Waals surface area contributed by atoms with E-state index >= 15 is 0 Å². The molecule has 0 aromatic carbocycles. The summed E-state index contributed by atoms with van der Waals surface area (Å²) in [7, 11) is 0. The fraction of sp³-hybridized carbons (Fsp3) is 0.250. The van der Waals surface area contributed by atoms with E-state index in [-0.39, 0.29) is 0 Å². The van der Waals surface area contributed by atoms with Crippen molar-refractivity contribution in [3.63, 3.8) is 0 Å². The summed E-state index contributed by atoms with van der Waals surface area (Å²) in [6, 6.07) is 0. The number of carbonyl (C=O) groups excluding carboxylic acids is 3. The van der Waals surface area contributed by atoms with Crippen LogP contribution in [0.4, 0.5) is 0 Å². The number of aldehydes is 3. The Kier molecular flexibility index (Phi) is 5.86. The zero-order valence-electron chi connectivity index (χ0n) is 9.11. The van der Waals surface area contributed by atoms with Crippen LogP contribution in [0.3, 0.4) is 0 Å². The van der Waals surface area contributed by atoms with E-state index in [0.717, 1.165) is 0 Å². The summed E-state index contributed by atoms with van der Waals surface area (Å²) in [5.41, 5.74) is 1.81. The van der Waals surface area contributed by atoms with Crippen LogP contribution >= 0.6 is 0 Å². The third kappa shape index (κ3) is 3.85. The Balaban J connectivity index is 5.42. The molecule has 3 nitrogen and oxygen atoms in total. The first-order valence-electron chi connectivity index (χ1n) is 4.52. The van der Waals surface area contributed by atoms with Crippen LogP contribution in [0.1, 0.15) is 20.8 Å². The third-order valence-electron chi connectivity index (χ3n) is 2.00. The second kappa shape index (κ2) is 6.65. The predicted molar refractivity (Wildman–Crippen MR) is 58.4 cm³/mol. The van der Waals surface area contributed by atoms with Crippen LogP contribution in [-0.4, -0.2) is 18.9 Å². The lowest BCUT2D eigenvalue weighted by Crippen LogP contribution is -1.94. The Labute approximate surface area is 89.2 Å². The summed E-state index contributed by atoms with van der Waals surface area (Å²) in [5, 5.41) is 0. The van der Waals surface area contributed by atoms with E-state index in [1.165, 1.54) is 6.08 Å².